The number of aliphatic imine (C=N–C) groups is 1. The molecule has 0 unspecified atom stereocenters. The summed E-state index contributed by atoms with van der Waals surface area (Å²) in [5.41, 5.74) is 5.15. The fraction of sp³-hybridized carbons (Fsp3) is 0.450. The Kier molecular flexibility index (Phi) is 19.6. The largest absolute Gasteiger partial charge is 0.453 e. The second-order valence-electron chi connectivity index (χ2n) is 14.3. The molecule has 3 amide bonds. The van der Waals surface area contributed by atoms with Crippen LogP contribution in [0.2, 0.25) is 0 Å². The number of imidazole rings is 2. The number of alkyl carbamates (subject to hydrolysis) is 1. The van der Waals surface area contributed by atoms with E-state index in [0.717, 1.165) is 64.9 Å². The SMILES string of the molecule is COOC=N[C@H](C(=O)N1CCC[C@H]1c1nc2ccc(C#Cc3ccc(-c4cnc([C@@H]5CCCN5C(=O)[C@H](NC(=O)OC)C(C)C)[nH]4)cc3)cc2[nH]1)C(C)C.S.S.S.S. The quantitative estimate of drug-likeness (QED) is 0.0532. The zero-order chi connectivity index (χ0) is 38.4. The highest BCUT2D eigenvalue weighted by atomic mass is 32.1. The predicted octanol–water partition coefficient (Wildman–Crippen LogP) is 6.14. The van der Waals surface area contributed by atoms with Crippen molar-refractivity contribution in [3.05, 3.63) is 71.4 Å². The van der Waals surface area contributed by atoms with Gasteiger partial charge in [0.05, 0.1) is 49.2 Å². The first-order valence-corrected chi connectivity index (χ1v) is 18.4. The summed E-state index contributed by atoms with van der Waals surface area (Å²) in [6.45, 7) is 8.94. The number of amides is 3. The number of benzene rings is 2. The highest BCUT2D eigenvalue weighted by Gasteiger charge is 2.38. The van der Waals surface area contributed by atoms with Crippen molar-refractivity contribution in [1.82, 2.24) is 35.1 Å². The Morgan fingerprint density at radius 1 is 0.845 bits per heavy atom. The zero-order valence-corrected chi connectivity index (χ0v) is 37.6. The number of likely N-dealkylation sites (tertiary alicyclic amines) is 2. The monoisotopic (exact) mass is 872 g/mol. The van der Waals surface area contributed by atoms with E-state index in [9.17, 15) is 14.4 Å². The first-order chi connectivity index (χ1) is 26.1. The van der Waals surface area contributed by atoms with Gasteiger partial charge in [0.15, 0.2) is 0 Å². The number of aromatic nitrogens is 4. The van der Waals surface area contributed by atoms with E-state index < -0.39 is 18.2 Å². The van der Waals surface area contributed by atoms with Gasteiger partial charge in [-0.1, -0.05) is 51.7 Å². The second kappa shape index (κ2) is 22.8. The van der Waals surface area contributed by atoms with E-state index in [2.05, 4.69) is 42.0 Å². The van der Waals surface area contributed by atoms with Crippen LogP contribution in [0.25, 0.3) is 22.3 Å². The zero-order valence-electron chi connectivity index (χ0n) is 33.6. The summed E-state index contributed by atoms with van der Waals surface area (Å²) in [5, 5.41) is 2.69. The van der Waals surface area contributed by atoms with Crippen molar-refractivity contribution in [2.24, 2.45) is 16.8 Å². The van der Waals surface area contributed by atoms with Crippen molar-refractivity contribution in [3.63, 3.8) is 0 Å². The fourth-order valence-electron chi connectivity index (χ4n) is 7.13. The average Bonchev–Trinajstić information content (AvgIpc) is 4.00. The molecule has 0 saturated carbocycles. The van der Waals surface area contributed by atoms with Gasteiger partial charge in [0.25, 0.3) is 0 Å². The first kappa shape index (κ1) is 49.9. The van der Waals surface area contributed by atoms with Crippen LogP contribution in [0.1, 0.15) is 88.2 Å². The molecule has 4 aromatic rings. The van der Waals surface area contributed by atoms with Crippen LogP contribution in [0, 0.1) is 23.7 Å². The normalized spacial score (nSPS) is 17.0. The van der Waals surface area contributed by atoms with Crippen LogP contribution in [0.3, 0.4) is 0 Å². The molecule has 316 valence electrons. The van der Waals surface area contributed by atoms with Crippen LogP contribution in [0.4, 0.5) is 4.79 Å². The molecule has 0 aliphatic carbocycles. The van der Waals surface area contributed by atoms with Gasteiger partial charge < -0.3 is 34.7 Å². The third-order valence-corrected chi connectivity index (χ3v) is 9.98. The Morgan fingerprint density at radius 3 is 2.09 bits per heavy atom. The molecule has 18 heteroatoms. The van der Waals surface area contributed by atoms with Gasteiger partial charge in [-0.05, 0) is 73.4 Å². The van der Waals surface area contributed by atoms with Gasteiger partial charge in [0, 0.05) is 24.2 Å². The van der Waals surface area contributed by atoms with E-state index in [1.807, 2.05) is 75.1 Å². The number of nitrogens with zero attached hydrogens (tertiary/aromatic N) is 5. The second-order valence-corrected chi connectivity index (χ2v) is 14.3. The molecule has 58 heavy (non-hydrogen) atoms. The summed E-state index contributed by atoms with van der Waals surface area (Å²) < 4.78 is 4.75. The van der Waals surface area contributed by atoms with Gasteiger partial charge in [-0.15, -0.1) is 0 Å². The van der Waals surface area contributed by atoms with Gasteiger partial charge in [-0.25, -0.2) is 19.8 Å². The lowest BCUT2D eigenvalue weighted by atomic mass is 10.0. The third kappa shape index (κ3) is 11.5. The van der Waals surface area contributed by atoms with Gasteiger partial charge in [-0.3, -0.25) is 9.59 Å². The average molecular weight is 873 g/mol. The van der Waals surface area contributed by atoms with Gasteiger partial charge in [0.1, 0.15) is 23.7 Å². The first-order valence-electron chi connectivity index (χ1n) is 18.4. The molecule has 0 radical (unpaired) electrons. The lowest BCUT2D eigenvalue weighted by Gasteiger charge is -2.30. The minimum absolute atomic E-state index is 0. The van der Waals surface area contributed by atoms with Crippen LogP contribution >= 0.6 is 54.0 Å². The van der Waals surface area contributed by atoms with Crippen LogP contribution in [0.15, 0.2) is 53.7 Å². The maximum Gasteiger partial charge on any atom is 0.407 e. The van der Waals surface area contributed by atoms with E-state index in [-0.39, 0.29) is 89.7 Å². The Bertz CT molecular complexity index is 2060. The number of nitrogens with one attached hydrogen (secondary N) is 3. The molecule has 2 aliphatic rings. The Morgan fingerprint density at radius 2 is 1.47 bits per heavy atom. The molecule has 14 nitrogen and oxygen atoms in total. The predicted molar refractivity (Wildman–Crippen MR) is 244 cm³/mol. The molecule has 2 saturated heterocycles. The fourth-order valence-corrected chi connectivity index (χ4v) is 7.13. The molecule has 4 atom stereocenters. The van der Waals surface area contributed by atoms with Crippen LogP contribution in [-0.4, -0.2) is 93.4 Å². The van der Waals surface area contributed by atoms with Crippen molar-refractivity contribution in [3.8, 4) is 23.1 Å². The molecule has 3 N–H and O–H groups in total. The summed E-state index contributed by atoms with van der Waals surface area (Å²) in [6, 6.07) is 12.1. The number of ether oxygens (including phenoxy) is 1. The summed E-state index contributed by atoms with van der Waals surface area (Å²) in [7, 11) is 2.68. The number of rotatable bonds is 11. The molecular weight excluding hydrogens is 817 g/mol. The Hall–Kier alpha value is -4.28. The number of carbonyl (C=O) groups is 3. The topological polar surface area (TPSA) is 167 Å². The Labute approximate surface area is 367 Å². The molecule has 0 bridgehead atoms. The van der Waals surface area contributed by atoms with Crippen LogP contribution < -0.4 is 5.32 Å². The molecule has 2 aliphatic heterocycles. The summed E-state index contributed by atoms with van der Waals surface area (Å²) in [5.74, 6) is 7.66. The maximum atomic E-state index is 13.5. The van der Waals surface area contributed by atoms with Crippen molar-refractivity contribution < 1.29 is 28.9 Å². The standard InChI is InChI=1S/C40H48N8O6.4H2S/c1-24(2)34(42-23-54-53-6)38(49)48-20-8-10-33(48)37-43-29-18-15-27(21-30(29)44-37)12-11-26-13-16-28(17-14-26)31-22-41-36(45-31)32-9-7-19-47(32)39(50)35(25(3)4)46-40(51)52-5;;;;/h13-18,21-25,32-35H,7-10,19-20H2,1-6H3,(H,41,45)(H,43,44)(H,46,51);4*1H2/t32-,33-,34-,35+;;;;/m0..../s1. The maximum absolute atomic E-state index is 13.5. The number of methoxy groups -OCH3 is 1. The number of H-pyrrole nitrogens is 2. The van der Waals surface area contributed by atoms with E-state index in [4.69, 9.17) is 14.6 Å². The van der Waals surface area contributed by atoms with E-state index in [0.29, 0.717) is 18.9 Å². The van der Waals surface area contributed by atoms with E-state index in [1.54, 1.807) is 11.1 Å². The van der Waals surface area contributed by atoms with Crippen LogP contribution in [0.5, 0.6) is 0 Å². The van der Waals surface area contributed by atoms with Crippen molar-refractivity contribution in [2.75, 3.05) is 27.3 Å². The van der Waals surface area contributed by atoms with Gasteiger partial charge >= 0.3 is 6.09 Å². The van der Waals surface area contributed by atoms with Crippen molar-refractivity contribution in [1.29, 1.82) is 0 Å². The smallest absolute Gasteiger partial charge is 0.407 e. The summed E-state index contributed by atoms with van der Waals surface area (Å²) in [4.78, 5) is 72.7. The number of fused-ring (bicyclic) bond motifs is 1. The molecule has 2 aromatic carbocycles. The van der Waals surface area contributed by atoms with E-state index in [1.165, 1.54) is 20.6 Å². The highest BCUT2D eigenvalue weighted by molar-refractivity contribution is 7.59. The van der Waals surface area contributed by atoms with Gasteiger partial charge in [-0.2, -0.15) is 58.9 Å². The minimum Gasteiger partial charge on any atom is -0.453 e. The van der Waals surface area contributed by atoms with Gasteiger partial charge in [0.2, 0.25) is 18.2 Å². The molecular formula is C40H56N8O6S4. The minimum atomic E-state index is -0.688. The lowest BCUT2D eigenvalue weighted by Crippen LogP contribution is -2.51. The van der Waals surface area contributed by atoms with Crippen molar-refractivity contribution in [2.45, 2.75) is 77.5 Å². The third-order valence-electron chi connectivity index (χ3n) is 9.98. The number of carbonyl (C=O) groups excluding carboxylic acids is 3. The lowest BCUT2D eigenvalue weighted by molar-refractivity contribution is -0.188. The number of aromatic amines is 2. The van der Waals surface area contributed by atoms with E-state index >= 15 is 0 Å². The molecule has 4 heterocycles. The molecule has 0 spiro atoms. The highest BCUT2D eigenvalue weighted by Crippen LogP contribution is 2.34. The van der Waals surface area contributed by atoms with Crippen LogP contribution in [-0.2, 0) is 24.1 Å². The molecule has 2 aromatic heterocycles. The Balaban J connectivity index is 0.00000290. The molecule has 6 rings (SSSR count). The number of hydrogen-bond acceptors (Lipinski definition) is 9. The van der Waals surface area contributed by atoms with Crippen molar-refractivity contribution >= 4 is 89.3 Å². The summed E-state index contributed by atoms with van der Waals surface area (Å²) in [6.07, 6.45) is 5.65. The summed E-state index contributed by atoms with van der Waals surface area (Å²) >= 11 is 0. The number of hydrogen-bond donors (Lipinski definition) is 3. The molecule has 2 fully saturated rings.